The summed E-state index contributed by atoms with van der Waals surface area (Å²) < 4.78 is 37.0. The highest BCUT2D eigenvalue weighted by Gasteiger charge is 2.32. The maximum absolute atomic E-state index is 12.9. The minimum Gasteiger partial charge on any atom is -0.497 e. The molecule has 2 aromatic carbocycles. The first-order valence-corrected chi connectivity index (χ1v) is 11.6. The topological polar surface area (TPSA) is 84.9 Å². The highest BCUT2D eigenvalue weighted by atomic mass is 32.2. The van der Waals surface area contributed by atoms with E-state index in [0.29, 0.717) is 17.9 Å². The van der Waals surface area contributed by atoms with Gasteiger partial charge in [0.2, 0.25) is 15.9 Å². The third kappa shape index (κ3) is 6.38. The molecule has 0 saturated heterocycles. The van der Waals surface area contributed by atoms with E-state index in [9.17, 15) is 13.2 Å². The molecule has 2 aromatic rings. The van der Waals surface area contributed by atoms with Crippen LogP contribution in [-0.4, -0.2) is 46.4 Å². The van der Waals surface area contributed by atoms with E-state index in [1.165, 1.54) is 4.31 Å². The van der Waals surface area contributed by atoms with E-state index in [1.54, 1.807) is 56.5 Å². The van der Waals surface area contributed by atoms with Crippen LogP contribution >= 0.6 is 0 Å². The molecular weight excluding hydrogens is 404 g/mol. The van der Waals surface area contributed by atoms with Crippen molar-refractivity contribution >= 4 is 21.6 Å². The first-order valence-electron chi connectivity index (χ1n) is 9.79. The number of aryl methyl sites for hydroxylation is 1. The lowest BCUT2D eigenvalue weighted by atomic mass is 10.1. The fraction of sp³-hybridized carbons (Fsp3) is 0.409. The van der Waals surface area contributed by atoms with Crippen molar-refractivity contribution in [2.45, 2.75) is 39.3 Å². The minimum absolute atomic E-state index is 0.248. The Labute approximate surface area is 179 Å². The Balaban J connectivity index is 2.08. The summed E-state index contributed by atoms with van der Waals surface area (Å²) in [5, 5.41) is 2.87. The van der Waals surface area contributed by atoms with Crippen LogP contribution in [-0.2, 0) is 14.8 Å². The smallest absolute Gasteiger partial charge is 0.244 e. The van der Waals surface area contributed by atoms with Crippen LogP contribution < -0.4 is 19.1 Å². The van der Waals surface area contributed by atoms with E-state index in [2.05, 4.69) is 5.32 Å². The number of carbonyl (C=O) groups excluding carboxylic acids is 1. The van der Waals surface area contributed by atoms with Crippen LogP contribution in [0.1, 0.15) is 25.8 Å². The molecule has 0 heterocycles. The number of hydrogen-bond donors (Lipinski definition) is 1. The number of amides is 1. The van der Waals surface area contributed by atoms with Crippen molar-refractivity contribution in [2.24, 2.45) is 0 Å². The molecule has 164 valence electrons. The fourth-order valence-electron chi connectivity index (χ4n) is 3.10. The monoisotopic (exact) mass is 434 g/mol. The van der Waals surface area contributed by atoms with Gasteiger partial charge in [-0.1, -0.05) is 19.1 Å². The van der Waals surface area contributed by atoms with Crippen molar-refractivity contribution in [1.82, 2.24) is 5.32 Å². The Hall–Kier alpha value is -2.74. The van der Waals surface area contributed by atoms with Crippen LogP contribution in [0.2, 0.25) is 0 Å². The van der Waals surface area contributed by atoms with Crippen molar-refractivity contribution in [2.75, 3.05) is 24.3 Å². The molecule has 0 fully saturated rings. The van der Waals surface area contributed by atoms with Gasteiger partial charge in [0.05, 0.1) is 25.1 Å². The molecule has 0 aliphatic heterocycles. The summed E-state index contributed by atoms with van der Waals surface area (Å²) in [5.41, 5.74) is 1.39. The van der Waals surface area contributed by atoms with Gasteiger partial charge in [-0.25, -0.2) is 8.42 Å². The van der Waals surface area contributed by atoms with Gasteiger partial charge in [0.1, 0.15) is 24.1 Å². The Kier molecular flexibility index (Phi) is 8.11. The summed E-state index contributed by atoms with van der Waals surface area (Å²) in [7, 11) is -2.07. The predicted molar refractivity (Wildman–Crippen MR) is 119 cm³/mol. The zero-order chi connectivity index (χ0) is 22.3. The Morgan fingerprint density at radius 2 is 1.77 bits per heavy atom. The maximum Gasteiger partial charge on any atom is 0.244 e. The lowest BCUT2D eigenvalue weighted by Gasteiger charge is -2.31. The lowest BCUT2D eigenvalue weighted by molar-refractivity contribution is -0.123. The molecule has 0 aliphatic rings. The number of carbonyl (C=O) groups is 1. The zero-order valence-corrected chi connectivity index (χ0v) is 18.9. The predicted octanol–water partition coefficient (Wildman–Crippen LogP) is 3.13. The van der Waals surface area contributed by atoms with Gasteiger partial charge in [0, 0.05) is 0 Å². The van der Waals surface area contributed by atoms with Gasteiger partial charge in [0.25, 0.3) is 0 Å². The molecular formula is C22H30N2O5S. The van der Waals surface area contributed by atoms with E-state index in [0.717, 1.165) is 17.6 Å². The Morgan fingerprint density at radius 3 is 2.30 bits per heavy atom. The molecule has 30 heavy (non-hydrogen) atoms. The number of rotatable bonds is 10. The first-order chi connectivity index (χ1) is 14.2. The molecule has 7 nitrogen and oxygen atoms in total. The van der Waals surface area contributed by atoms with Crippen LogP contribution in [0.4, 0.5) is 5.69 Å². The molecule has 0 aliphatic carbocycles. The molecule has 8 heteroatoms. The number of anilines is 1. The first kappa shape index (κ1) is 23.5. The molecule has 0 unspecified atom stereocenters. The van der Waals surface area contributed by atoms with Crippen molar-refractivity contribution in [3.63, 3.8) is 0 Å². The average Bonchev–Trinajstić information content (AvgIpc) is 2.69. The van der Waals surface area contributed by atoms with Gasteiger partial charge in [-0.3, -0.25) is 9.10 Å². The van der Waals surface area contributed by atoms with Gasteiger partial charge < -0.3 is 14.8 Å². The third-order valence-electron chi connectivity index (χ3n) is 4.53. The molecule has 0 bridgehead atoms. The van der Waals surface area contributed by atoms with Crippen LogP contribution in [0.3, 0.4) is 0 Å². The van der Waals surface area contributed by atoms with Crippen LogP contribution in [0, 0.1) is 6.92 Å². The SMILES string of the molecule is CC[C@H](C(=O)N[C@@H](C)COc1ccc(OC)cc1)N(c1cccc(C)c1)S(C)(=O)=O. The highest BCUT2D eigenvalue weighted by molar-refractivity contribution is 7.92. The second-order valence-electron chi connectivity index (χ2n) is 7.22. The number of sulfonamides is 1. The van der Waals surface area contributed by atoms with Crippen LogP contribution in [0.25, 0.3) is 0 Å². The molecule has 0 aromatic heterocycles. The quantitative estimate of drug-likeness (QED) is 0.621. The third-order valence-corrected chi connectivity index (χ3v) is 5.71. The molecule has 1 N–H and O–H groups in total. The van der Waals surface area contributed by atoms with Crippen molar-refractivity contribution < 1.29 is 22.7 Å². The molecule has 0 saturated carbocycles. The minimum atomic E-state index is -3.66. The van der Waals surface area contributed by atoms with Crippen molar-refractivity contribution in [3.05, 3.63) is 54.1 Å². The van der Waals surface area contributed by atoms with Crippen LogP contribution in [0.15, 0.2) is 48.5 Å². The van der Waals surface area contributed by atoms with E-state index in [1.807, 2.05) is 19.9 Å². The standard InChI is InChI=1S/C22H30N2O5S/c1-6-21(24(30(5,26)27)18-9-7-8-16(2)14-18)22(25)23-17(3)15-29-20-12-10-19(28-4)11-13-20/h7-14,17,21H,6,15H2,1-5H3,(H,23,25)/t17-,21+/m0/s1. The summed E-state index contributed by atoms with van der Waals surface area (Å²) in [6.07, 6.45) is 1.44. The fourth-order valence-corrected chi connectivity index (χ4v) is 4.30. The van der Waals surface area contributed by atoms with Gasteiger partial charge in [-0.15, -0.1) is 0 Å². The summed E-state index contributed by atoms with van der Waals surface area (Å²) in [6.45, 7) is 5.73. The molecule has 0 spiro atoms. The van der Waals surface area contributed by atoms with E-state index >= 15 is 0 Å². The normalized spacial score (nSPS) is 13.2. The lowest BCUT2D eigenvalue weighted by Crippen LogP contribution is -2.52. The number of nitrogens with one attached hydrogen (secondary N) is 1. The van der Waals surface area contributed by atoms with Crippen molar-refractivity contribution in [3.8, 4) is 11.5 Å². The zero-order valence-electron chi connectivity index (χ0n) is 18.1. The van der Waals surface area contributed by atoms with E-state index in [4.69, 9.17) is 9.47 Å². The van der Waals surface area contributed by atoms with Gasteiger partial charge in [-0.05, 0) is 62.2 Å². The number of nitrogens with zero attached hydrogens (tertiary/aromatic N) is 1. The molecule has 2 atom stereocenters. The molecule has 2 rings (SSSR count). The number of methoxy groups -OCH3 is 1. The number of ether oxygens (including phenoxy) is 2. The number of benzene rings is 2. The summed E-state index contributed by atoms with van der Waals surface area (Å²) in [5.74, 6) is 1.02. The Bertz CT molecular complexity index is 944. The summed E-state index contributed by atoms with van der Waals surface area (Å²) >= 11 is 0. The van der Waals surface area contributed by atoms with Gasteiger partial charge >= 0.3 is 0 Å². The van der Waals surface area contributed by atoms with E-state index in [-0.39, 0.29) is 18.6 Å². The van der Waals surface area contributed by atoms with Crippen LogP contribution in [0.5, 0.6) is 11.5 Å². The summed E-state index contributed by atoms with van der Waals surface area (Å²) in [4.78, 5) is 12.9. The molecule has 0 radical (unpaired) electrons. The highest BCUT2D eigenvalue weighted by Crippen LogP contribution is 2.23. The maximum atomic E-state index is 12.9. The largest absolute Gasteiger partial charge is 0.497 e. The van der Waals surface area contributed by atoms with Crippen molar-refractivity contribution in [1.29, 1.82) is 0 Å². The molecule has 1 amide bonds. The average molecular weight is 435 g/mol. The van der Waals surface area contributed by atoms with Gasteiger partial charge in [-0.2, -0.15) is 0 Å². The van der Waals surface area contributed by atoms with Gasteiger partial charge in [0.15, 0.2) is 0 Å². The van der Waals surface area contributed by atoms with E-state index < -0.39 is 16.1 Å². The second kappa shape index (κ2) is 10.3. The summed E-state index contributed by atoms with van der Waals surface area (Å²) in [6, 6.07) is 13.1. The Morgan fingerprint density at radius 1 is 1.13 bits per heavy atom. The number of hydrogen-bond acceptors (Lipinski definition) is 5. The second-order valence-corrected chi connectivity index (χ2v) is 9.08.